The Bertz CT molecular complexity index is 119. The lowest BCUT2D eigenvalue weighted by atomic mass is 10.4. The maximum absolute atomic E-state index is 9.82. The van der Waals surface area contributed by atoms with E-state index >= 15 is 0 Å². The first-order valence-corrected chi connectivity index (χ1v) is 4.68. The van der Waals surface area contributed by atoms with Crippen molar-refractivity contribution in [2.24, 2.45) is 0 Å². The lowest BCUT2D eigenvalue weighted by Gasteiger charge is -2.09. The zero-order valence-electron chi connectivity index (χ0n) is 9.59. The quantitative estimate of drug-likeness (QED) is 0.529. The van der Waals surface area contributed by atoms with Crippen molar-refractivity contribution < 1.29 is 14.3 Å². The Balaban J connectivity index is -0.000000163. The first-order chi connectivity index (χ1) is 5.90. The molecule has 0 rings (SSSR count). The van der Waals surface area contributed by atoms with E-state index in [0.29, 0.717) is 18.8 Å². The van der Waals surface area contributed by atoms with E-state index in [-0.39, 0.29) is 23.3 Å². The molecule has 0 saturated heterocycles. The number of ether oxygens (including phenoxy) is 2. The van der Waals surface area contributed by atoms with E-state index in [2.05, 4.69) is 4.74 Å². The van der Waals surface area contributed by atoms with Crippen LogP contribution in [0.1, 0.15) is 41.5 Å². The summed E-state index contributed by atoms with van der Waals surface area (Å²) in [5.74, 6) is -0.211. The van der Waals surface area contributed by atoms with E-state index in [4.69, 9.17) is 4.74 Å². The zero-order chi connectivity index (χ0) is 10.9. The fourth-order valence-corrected chi connectivity index (χ4v) is 0.748. The highest BCUT2D eigenvalue weighted by molar-refractivity contribution is 5.75. The Morgan fingerprint density at radius 2 is 1.50 bits per heavy atom. The number of hydrogen-bond acceptors (Lipinski definition) is 3. The summed E-state index contributed by atoms with van der Waals surface area (Å²) in [7, 11) is 0. The average Bonchev–Trinajstić information content (AvgIpc) is 1.83. The van der Waals surface area contributed by atoms with Gasteiger partial charge < -0.3 is 9.47 Å². The summed E-state index contributed by atoms with van der Waals surface area (Å²) in [5, 5.41) is 0. The third kappa shape index (κ3) is 29.7. The highest BCUT2D eigenvalue weighted by Crippen LogP contribution is 1.93. The predicted molar refractivity (Wildman–Crippen MR) is 63.6 cm³/mol. The number of carbonyl (C=O) groups is 1. The van der Waals surface area contributed by atoms with Gasteiger partial charge in [-0.1, -0.05) is 0 Å². The fraction of sp³-hybridized carbons (Fsp3) is 0.900. The van der Waals surface area contributed by atoms with Crippen LogP contribution in [0.15, 0.2) is 0 Å². The largest absolute Gasteiger partial charge is 0.466 e. The van der Waals surface area contributed by atoms with Crippen LogP contribution in [0.3, 0.4) is 0 Å². The van der Waals surface area contributed by atoms with Gasteiger partial charge in [-0.05, 0) is 34.6 Å². The second kappa shape index (κ2) is 13.0. The van der Waals surface area contributed by atoms with Crippen molar-refractivity contribution in [3.63, 3.8) is 0 Å². The van der Waals surface area contributed by atoms with E-state index in [1.54, 1.807) is 6.92 Å². The maximum atomic E-state index is 9.82. The van der Waals surface area contributed by atoms with Gasteiger partial charge in [-0.2, -0.15) is 0 Å². The Kier molecular flexibility index (Phi) is 18.1. The molecule has 0 amide bonds. The minimum absolute atomic E-state index is 0. The van der Waals surface area contributed by atoms with E-state index in [0.717, 1.165) is 0 Å². The summed E-state index contributed by atoms with van der Waals surface area (Å²) in [5.41, 5.74) is 0. The number of carbonyl (C=O) groups excluding carboxylic acids is 1. The number of rotatable bonds is 3. The van der Waals surface area contributed by atoms with Crippen LogP contribution < -0.4 is 0 Å². The van der Waals surface area contributed by atoms with Gasteiger partial charge >= 0.3 is 5.97 Å². The summed E-state index contributed by atoms with van der Waals surface area (Å²) in [6.07, 6.45) is 0.750. The molecule has 14 heavy (non-hydrogen) atoms. The van der Waals surface area contributed by atoms with E-state index < -0.39 is 0 Å². The lowest BCUT2D eigenvalue weighted by molar-refractivity contribution is -0.140. The molecule has 4 heteroatoms. The molecule has 0 heterocycles. The lowest BCUT2D eigenvalue weighted by Crippen LogP contribution is -2.09. The molecule has 3 nitrogen and oxygen atoms in total. The Morgan fingerprint density at radius 1 is 1.14 bits per heavy atom. The van der Waals surface area contributed by atoms with Gasteiger partial charge in [-0.3, -0.25) is 4.79 Å². The first kappa shape index (κ1) is 19.5. The monoisotopic (exact) mass is 220 g/mol. The summed E-state index contributed by atoms with van der Waals surface area (Å²) < 4.78 is 9.65. The number of esters is 1. The van der Waals surface area contributed by atoms with E-state index in [9.17, 15) is 4.79 Å². The third-order valence-electron chi connectivity index (χ3n) is 0.892. The van der Waals surface area contributed by atoms with Crippen LogP contribution in [0, 0.1) is 0 Å². The van der Waals surface area contributed by atoms with E-state index in [1.165, 1.54) is 6.92 Å². The van der Waals surface area contributed by atoms with Crippen LogP contribution in [0.5, 0.6) is 0 Å². The Labute approximate surface area is 98.3 Å². The van der Waals surface area contributed by atoms with Gasteiger partial charge in [0.1, 0.15) is 0 Å². The minimum atomic E-state index is -0.211. The van der Waals surface area contributed by atoms with Gasteiger partial charge in [0.2, 0.25) is 0 Å². The molecule has 0 aliphatic rings. The van der Waals surface area contributed by atoms with Crippen LogP contribution in [-0.2, 0) is 14.3 Å². The van der Waals surface area contributed by atoms with Crippen LogP contribution in [-0.4, -0.2) is 42.1 Å². The predicted octanol–water partition coefficient (Wildman–Crippen LogP) is 1.21. The van der Waals surface area contributed by atoms with Gasteiger partial charge in [-0.25, -0.2) is 0 Å². The molecule has 0 radical (unpaired) electrons. The molecule has 0 aromatic carbocycles. The summed E-state index contributed by atoms with van der Waals surface area (Å²) in [6, 6.07) is 0. The van der Waals surface area contributed by atoms with Gasteiger partial charge in [0.05, 0.1) is 18.8 Å². The van der Waals surface area contributed by atoms with Crippen LogP contribution in [0.25, 0.3) is 0 Å². The maximum Gasteiger partial charge on any atom is 0.302 e. The smallest absolute Gasteiger partial charge is 0.302 e. The summed E-state index contributed by atoms with van der Waals surface area (Å²) in [6.45, 7) is 11.8. The molecule has 0 aromatic heterocycles. The van der Waals surface area contributed by atoms with Crippen LogP contribution >= 0.6 is 0 Å². The van der Waals surface area contributed by atoms with Crippen molar-refractivity contribution in [2.75, 3.05) is 6.61 Å². The van der Waals surface area contributed by atoms with Crippen molar-refractivity contribution in [3.05, 3.63) is 0 Å². The Hall–Kier alpha value is -0.0375. The average molecular weight is 220 g/mol. The second-order valence-corrected chi connectivity index (χ2v) is 3.16. The summed E-state index contributed by atoms with van der Waals surface area (Å²) >= 11 is 0. The van der Waals surface area contributed by atoms with Crippen molar-refractivity contribution >= 4 is 23.3 Å². The van der Waals surface area contributed by atoms with Gasteiger partial charge in [-0.15, -0.1) is 0 Å². The molecule has 0 N–H and O–H groups in total. The van der Waals surface area contributed by atoms with Crippen molar-refractivity contribution in [3.8, 4) is 0 Å². The molecule has 0 aliphatic carbocycles. The molecular formula is C10H25AlO3. The topological polar surface area (TPSA) is 35.5 Å². The third-order valence-corrected chi connectivity index (χ3v) is 0.892. The minimum Gasteiger partial charge on any atom is -0.466 e. The normalized spacial score (nSPS) is 8.86. The molecule has 86 valence electrons. The van der Waals surface area contributed by atoms with Crippen LogP contribution in [0.2, 0.25) is 0 Å². The molecule has 0 atom stereocenters. The van der Waals surface area contributed by atoms with Gasteiger partial charge in [0, 0.05) is 6.92 Å². The SMILES string of the molecule is CC(C)OC(C)C.CCOC(C)=O.[AlH3]. The van der Waals surface area contributed by atoms with Gasteiger partial charge in [0.25, 0.3) is 0 Å². The molecule has 0 aliphatic heterocycles. The highest BCUT2D eigenvalue weighted by atomic mass is 27.0. The van der Waals surface area contributed by atoms with Crippen molar-refractivity contribution in [2.45, 2.75) is 53.8 Å². The van der Waals surface area contributed by atoms with Crippen LogP contribution in [0.4, 0.5) is 0 Å². The molecule has 0 bridgehead atoms. The summed E-state index contributed by atoms with van der Waals surface area (Å²) in [4.78, 5) is 9.82. The molecule has 0 unspecified atom stereocenters. The molecular weight excluding hydrogens is 195 g/mol. The second-order valence-electron chi connectivity index (χ2n) is 3.16. The van der Waals surface area contributed by atoms with Crippen molar-refractivity contribution in [1.82, 2.24) is 0 Å². The fourth-order valence-electron chi connectivity index (χ4n) is 0.748. The van der Waals surface area contributed by atoms with Crippen molar-refractivity contribution in [1.29, 1.82) is 0 Å². The standard InChI is InChI=1S/C6H14O.C4H8O2.Al.3H/c1-5(2)7-6(3)4;1-3-6-4(2)5;;;;/h5-6H,1-4H3;3H2,1-2H3;;;;. The molecule has 0 saturated carbocycles. The van der Waals surface area contributed by atoms with Gasteiger partial charge in [0.15, 0.2) is 17.4 Å². The van der Waals surface area contributed by atoms with E-state index in [1.807, 2.05) is 27.7 Å². The first-order valence-electron chi connectivity index (χ1n) is 4.68. The molecule has 0 fully saturated rings. The molecule has 0 spiro atoms. The highest BCUT2D eigenvalue weighted by Gasteiger charge is 1.94. The Morgan fingerprint density at radius 3 is 1.50 bits per heavy atom. The molecule has 0 aromatic rings. The number of hydrogen-bond donors (Lipinski definition) is 0. The zero-order valence-corrected chi connectivity index (χ0v) is 9.59.